The maximum Gasteiger partial charge on any atom is 0.260 e. The third kappa shape index (κ3) is 3.34. The van der Waals surface area contributed by atoms with E-state index in [1.54, 1.807) is 36.7 Å². The van der Waals surface area contributed by atoms with Crippen LogP contribution in [0.2, 0.25) is 0 Å². The number of hydrogen-bond donors (Lipinski definition) is 2. The van der Waals surface area contributed by atoms with Crippen molar-refractivity contribution in [3.05, 3.63) is 24.4 Å². The van der Waals surface area contributed by atoms with Crippen LogP contribution in [0.5, 0.6) is 0 Å². The van der Waals surface area contributed by atoms with Gasteiger partial charge in [0.2, 0.25) is 0 Å². The van der Waals surface area contributed by atoms with Crippen LogP contribution >= 0.6 is 0 Å². The van der Waals surface area contributed by atoms with Crippen molar-refractivity contribution in [2.24, 2.45) is 0 Å². The maximum atomic E-state index is 12.6. The van der Waals surface area contributed by atoms with E-state index in [0.717, 1.165) is 0 Å². The number of pyridine rings is 1. The minimum Gasteiger partial charge on any atom is -0.380 e. The summed E-state index contributed by atoms with van der Waals surface area (Å²) in [6.45, 7) is 4.49. The van der Waals surface area contributed by atoms with Crippen LogP contribution in [0.15, 0.2) is 29.4 Å². The van der Waals surface area contributed by atoms with Crippen LogP contribution in [0.3, 0.4) is 0 Å². The van der Waals surface area contributed by atoms with Gasteiger partial charge in [-0.25, -0.2) is 18.1 Å². The SMILES string of the molecule is CCOCC(C)NS(=O)(=O)c1c(NC)nc2ccccn12. The Morgan fingerprint density at radius 1 is 1.43 bits per heavy atom. The first-order valence-electron chi connectivity index (χ1n) is 6.74. The van der Waals surface area contributed by atoms with Crippen molar-refractivity contribution in [2.75, 3.05) is 25.6 Å². The second-order valence-corrected chi connectivity index (χ2v) is 6.26. The standard InChI is InChI=1S/C13H20N4O3S/c1-4-20-9-10(2)16-21(18,19)13-12(14-3)15-11-7-5-6-8-17(11)13/h5-8,10,14,16H,4,9H2,1-3H3. The molecule has 2 heterocycles. The molecule has 0 bridgehead atoms. The van der Waals surface area contributed by atoms with Gasteiger partial charge in [-0.15, -0.1) is 0 Å². The molecule has 2 rings (SSSR count). The van der Waals surface area contributed by atoms with Gasteiger partial charge in [0.25, 0.3) is 10.0 Å². The van der Waals surface area contributed by atoms with Crippen LogP contribution in [0, 0.1) is 0 Å². The monoisotopic (exact) mass is 312 g/mol. The van der Waals surface area contributed by atoms with E-state index in [1.807, 2.05) is 13.0 Å². The van der Waals surface area contributed by atoms with Gasteiger partial charge in [-0.3, -0.25) is 4.40 Å². The lowest BCUT2D eigenvalue weighted by Crippen LogP contribution is -2.36. The summed E-state index contributed by atoms with van der Waals surface area (Å²) < 4.78 is 34.6. The minimum atomic E-state index is -3.71. The molecular formula is C13H20N4O3S. The Hall–Kier alpha value is -1.64. The smallest absolute Gasteiger partial charge is 0.260 e. The predicted octanol–water partition coefficient (Wildman–Crippen LogP) is 1.08. The molecule has 0 radical (unpaired) electrons. The first-order chi connectivity index (χ1) is 9.99. The predicted molar refractivity (Wildman–Crippen MR) is 81.0 cm³/mol. The molecule has 0 amide bonds. The molecule has 0 aliphatic rings. The topological polar surface area (TPSA) is 84.7 Å². The van der Waals surface area contributed by atoms with Gasteiger partial charge in [-0.2, -0.15) is 0 Å². The zero-order chi connectivity index (χ0) is 15.5. The van der Waals surface area contributed by atoms with Gasteiger partial charge in [0.1, 0.15) is 5.65 Å². The summed E-state index contributed by atoms with van der Waals surface area (Å²) >= 11 is 0. The van der Waals surface area contributed by atoms with Gasteiger partial charge in [0.15, 0.2) is 10.8 Å². The molecule has 2 aromatic heterocycles. The van der Waals surface area contributed by atoms with E-state index in [4.69, 9.17) is 4.74 Å². The molecule has 21 heavy (non-hydrogen) atoms. The number of fused-ring (bicyclic) bond motifs is 1. The molecule has 8 heteroatoms. The van der Waals surface area contributed by atoms with E-state index in [-0.39, 0.29) is 11.1 Å². The first-order valence-corrected chi connectivity index (χ1v) is 8.22. The summed E-state index contributed by atoms with van der Waals surface area (Å²) in [6.07, 6.45) is 1.67. The van der Waals surface area contributed by atoms with Gasteiger partial charge in [-0.05, 0) is 26.0 Å². The highest BCUT2D eigenvalue weighted by Gasteiger charge is 2.26. The molecule has 1 atom stereocenters. The number of hydrogen-bond acceptors (Lipinski definition) is 5. The highest BCUT2D eigenvalue weighted by atomic mass is 32.2. The number of imidazole rings is 1. The largest absolute Gasteiger partial charge is 0.380 e. The summed E-state index contributed by atoms with van der Waals surface area (Å²) in [6, 6.07) is 5.00. The van der Waals surface area contributed by atoms with Crippen molar-refractivity contribution >= 4 is 21.5 Å². The third-order valence-electron chi connectivity index (χ3n) is 2.91. The highest BCUT2D eigenvalue weighted by Crippen LogP contribution is 2.22. The summed E-state index contributed by atoms with van der Waals surface area (Å²) in [4.78, 5) is 4.27. The number of ether oxygens (including phenoxy) is 1. The van der Waals surface area contributed by atoms with E-state index in [1.165, 1.54) is 0 Å². The van der Waals surface area contributed by atoms with Gasteiger partial charge in [-0.1, -0.05) is 6.07 Å². The summed E-state index contributed by atoms with van der Waals surface area (Å²) in [5.41, 5.74) is 0.569. The Balaban J connectivity index is 2.39. The quantitative estimate of drug-likeness (QED) is 0.799. The van der Waals surface area contributed by atoms with Crippen LogP contribution in [0.1, 0.15) is 13.8 Å². The minimum absolute atomic E-state index is 0.101. The molecule has 0 fully saturated rings. The van der Waals surface area contributed by atoms with Gasteiger partial charge in [0.05, 0.1) is 6.61 Å². The normalized spacial score (nSPS) is 13.5. The number of anilines is 1. The average molecular weight is 312 g/mol. The van der Waals surface area contributed by atoms with Crippen LogP contribution in [-0.4, -0.2) is 44.1 Å². The van der Waals surface area contributed by atoms with Crippen LogP contribution in [-0.2, 0) is 14.8 Å². The summed E-state index contributed by atoms with van der Waals surface area (Å²) in [5, 5.41) is 2.93. The van der Waals surface area contributed by atoms with Crippen molar-refractivity contribution in [1.29, 1.82) is 0 Å². The van der Waals surface area contributed by atoms with Crippen molar-refractivity contribution in [2.45, 2.75) is 24.9 Å². The van der Waals surface area contributed by atoms with Gasteiger partial charge in [0, 0.05) is 25.9 Å². The van der Waals surface area contributed by atoms with E-state index in [2.05, 4.69) is 15.0 Å². The van der Waals surface area contributed by atoms with Crippen LogP contribution in [0.25, 0.3) is 5.65 Å². The maximum absolute atomic E-state index is 12.6. The second-order valence-electron chi connectivity index (χ2n) is 4.63. The molecule has 2 aromatic rings. The van der Waals surface area contributed by atoms with E-state index >= 15 is 0 Å². The molecule has 1 unspecified atom stereocenters. The molecule has 0 aliphatic carbocycles. The van der Waals surface area contributed by atoms with Gasteiger partial charge < -0.3 is 10.1 Å². The summed E-state index contributed by atoms with van der Waals surface area (Å²) in [5.74, 6) is 0.317. The molecule has 0 saturated heterocycles. The van der Waals surface area contributed by atoms with Crippen molar-refractivity contribution in [3.63, 3.8) is 0 Å². The lowest BCUT2D eigenvalue weighted by Gasteiger charge is -2.14. The molecule has 0 saturated carbocycles. The molecular weight excluding hydrogens is 292 g/mol. The molecule has 0 aromatic carbocycles. The van der Waals surface area contributed by atoms with Crippen molar-refractivity contribution < 1.29 is 13.2 Å². The first kappa shape index (κ1) is 15.7. The van der Waals surface area contributed by atoms with E-state index in [9.17, 15) is 8.42 Å². The zero-order valence-electron chi connectivity index (χ0n) is 12.3. The lowest BCUT2D eigenvalue weighted by molar-refractivity contribution is 0.133. The zero-order valence-corrected chi connectivity index (χ0v) is 13.1. The van der Waals surface area contributed by atoms with E-state index < -0.39 is 10.0 Å². The number of sulfonamides is 1. The molecule has 116 valence electrons. The number of nitrogens with zero attached hydrogens (tertiary/aromatic N) is 2. The Morgan fingerprint density at radius 2 is 2.19 bits per heavy atom. The van der Waals surface area contributed by atoms with E-state index in [0.29, 0.717) is 24.7 Å². The fourth-order valence-electron chi connectivity index (χ4n) is 2.04. The Morgan fingerprint density at radius 3 is 2.86 bits per heavy atom. The van der Waals surface area contributed by atoms with Crippen LogP contribution in [0.4, 0.5) is 5.82 Å². The van der Waals surface area contributed by atoms with Crippen molar-refractivity contribution in [1.82, 2.24) is 14.1 Å². The van der Waals surface area contributed by atoms with Gasteiger partial charge >= 0.3 is 0 Å². The van der Waals surface area contributed by atoms with Crippen LogP contribution < -0.4 is 10.0 Å². The third-order valence-corrected chi connectivity index (χ3v) is 4.52. The average Bonchev–Trinajstić information content (AvgIpc) is 2.83. The molecule has 2 N–H and O–H groups in total. The second kappa shape index (κ2) is 6.42. The fraction of sp³-hybridized carbons (Fsp3) is 0.462. The number of aromatic nitrogens is 2. The molecule has 7 nitrogen and oxygen atoms in total. The number of nitrogens with one attached hydrogen (secondary N) is 2. The Labute approximate surface area is 124 Å². The Kier molecular flexibility index (Phi) is 4.81. The Bertz CT molecular complexity index is 711. The summed E-state index contributed by atoms with van der Waals surface area (Å²) in [7, 11) is -2.06. The number of rotatable bonds is 7. The molecule has 0 aliphatic heterocycles. The highest BCUT2D eigenvalue weighted by molar-refractivity contribution is 7.89. The fourth-order valence-corrected chi connectivity index (χ4v) is 3.57. The lowest BCUT2D eigenvalue weighted by atomic mass is 10.4. The van der Waals surface area contributed by atoms with Crippen molar-refractivity contribution in [3.8, 4) is 0 Å². The molecule has 0 spiro atoms.